The maximum atomic E-state index is 11.9. The third kappa shape index (κ3) is 6.89. The van der Waals surface area contributed by atoms with Crippen molar-refractivity contribution in [3.63, 3.8) is 0 Å². The molecule has 3 amide bonds. The van der Waals surface area contributed by atoms with Crippen molar-refractivity contribution in [2.24, 2.45) is 0 Å². The van der Waals surface area contributed by atoms with E-state index in [9.17, 15) is 9.59 Å². The Bertz CT molecular complexity index is 727. The lowest BCUT2D eigenvalue weighted by Crippen LogP contribution is -2.49. The quantitative estimate of drug-likeness (QED) is 0.760. The summed E-state index contributed by atoms with van der Waals surface area (Å²) in [6, 6.07) is 17.3. The molecule has 2 aromatic carbocycles. The molecule has 0 saturated carbocycles. The highest BCUT2D eigenvalue weighted by molar-refractivity contribution is 7.99. The molecule has 5 nitrogen and oxygen atoms in total. The molecule has 0 bridgehead atoms. The molecule has 25 heavy (non-hydrogen) atoms. The molecule has 0 aliphatic rings. The Kier molecular flexibility index (Phi) is 6.47. The number of hydrogen-bond donors (Lipinski definition) is 3. The van der Waals surface area contributed by atoms with Gasteiger partial charge in [-0.25, -0.2) is 4.79 Å². The average molecular weight is 357 g/mol. The van der Waals surface area contributed by atoms with Gasteiger partial charge < -0.3 is 10.6 Å². The van der Waals surface area contributed by atoms with Crippen molar-refractivity contribution in [3.8, 4) is 0 Å². The standard InChI is InChI=1S/C19H23N3O2S/c1-19(2,3)22-18(24)21-17(23)13-20-15-11-7-8-12-16(15)25-14-9-5-4-6-10-14/h4-12,20H,13H2,1-3H3,(H2,21,22,23,24). The smallest absolute Gasteiger partial charge is 0.321 e. The van der Waals surface area contributed by atoms with E-state index >= 15 is 0 Å². The van der Waals surface area contributed by atoms with E-state index in [4.69, 9.17) is 0 Å². The van der Waals surface area contributed by atoms with Crippen LogP contribution >= 0.6 is 11.8 Å². The van der Waals surface area contributed by atoms with Gasteiger partial charge in [-0.05, 0) is 45.0 Å². The van der Waals surface area contributed by atoms with Gasteiger partial charge in [0.1, 0.15) is 0 Å². The van der Waals surface area contributed by atoms with E-state index in [1.54, 1.807) is 11.8 Å². The summed E-state index contributed by atoms with van der Waals surface area (Å²) in [5.41, 5.74) is 0.458. The van der Waals surface area contributed by atoms with E-state index in [2.05, 4.69) is 16.0 Å². The third-order valence-corrected chi connectivity index (χ3v) is 4.12. The average Bonchev–Trinajstić information content (AvgIpc) is 2.53. The van der Waals surface area contributed by atoms with Crippen molar-refractivity contribution in [1.29, 1.82) is 0 Å². The Morgan fingerprint density at radius 3 is 2.28 bits per heavy atom. The number of rotatable bonds is 5. The van der Waals surface area contributed by atoms with Crippen molar-refractivity contribution in [2.75, 3.05) is 11.9 Å². The second-order valence-corrected chi connectivity index (χ2v) is 7.63. The number of nitrogens with one attached hydrogen (secondary N) is 3. The van der Waals surface area contributed by atoms with Crippen LogP contribution in [0.1, 0.15) is 20.8 Å². The molecule has 6 heteroatoms. The molecule has 0 saturated heterocycles. The second kappa shape index (κ2) is 8.58. The van der Waals surface area contributed by atoms with Crippen LogP contribution in [-0.2, 0) is 4.79 Å². The summed E-state index contributed by atoms with van der Waals surface area (Å²) in [4.78, 5) is 25.8. The van der Waals surface area contributed by atoms with E-state index in [0.29, 0.717) is 0 Å². The van der Waals surface area contributed by atoms with Gasteiger partial charge in [-0.15, -0.1) is 0 Å². The number of para-hydroxylation sites is 1. The lowest BCUT2D eigenvalue weighted by molar-refractivity contribution is -0.118. The van der Waals surface area contributed by atoms with E-state index in [0.717, 1.165) is 15.5 Å². The van der Waals surface area contributed by atoms with E-state index < -0.39 is 11.6 Å². The number of carbonyl (C=O) groups is 2. The first-order valence-electron chi connectivity index (χ1n) is 8.01. The zero-order chi connectivity index (χ0) is 18.3. The minimum atomic E-state index is -0.494. The summed E-state index contributed by atoms with van der Waals surface area (Å²) in [7, 11) is 0. The van der Waals surface area contributed by atoms with Crippen LogP contribution in [0, 0.1) is 0 Å². The van der Waals surface area contributed by atoms with Gasteiger partial charge in [0.2, 0.25) is 5.91 Å². The predicted octanol–water partition coefficient (Wildman–Crippen LogP) is 3.87. The fraction of sp³-hybridized carbons (Fsp3) is 0.263. The molecule has 0 heterocycles. The highest BCUT2D eigenvalue weighted by Gasteiger charge is 2.15. The van der Waals surface area contributed by atoms with Crippen LogP contribution in [0.25, 0.3) is 0 Å². The van der Waals surface area contributed by atoms with Gasteiger partial charge in [-0.1, -0.05) is 42.1 Å². The Labute approximate surface area is 152 Å². The maximum absolute atomic E-state index is 11.9. The number of hydrogen-bond acceptors (Lipinski definition) is 4. The molecule has 0 aliphatic carbocycles. The topological polar surface area (TPSA) is 70.2 Å². The molecular weight excluding hydrogens is 334 g/mol. The van der Waals surface area contributed by atoms with Crippen LogP contribution < -0.4 is 16.0 Å². The van der Waals surface area contributed by atoms with Gasteiger partial charge in [0.05, 0.1) is 6.54 Å². The summed E-state index contributed by atoms with van der Waals surface area (Å²) in [6.45, 7) is 5.58. The molecule has 0 spiro atoms. The summed E-state index contributed by atoms with van der Waals surface area (Å²) in [6.07, 6.45) is 0. The molecule has 0 fully saturated rings. The van der Waals surface area contributed by atoms with Crippen LogP contribution in [0.3, 0.4) is 0 Å². The van der Waals surface area contributed by atoms with Crippen LogP contribution in [0.5, 0.6) is 0 Å². The summed E-state index contributed by atoms with van der Waals surface area (Å²) in [5, 5.41) is 8.10. The lowest BCUT2D eigenvalue weighted by Gasteiger charge is -2.20. The third-order valence-electron chi connectivity index (χ3n) is 3.04. The molecule has 132 valence electrons. The lowest BCUT2D eigenvalue weighted by atomic mass is 10.1. The fourth-order valence-corrected chi connectivity index (χ4v) is 2.98. The normalized spacial score (nSPS) is 10.8. The number of amides is 3. The fourth-order valence-electron chi connectivity index (χ4n) is 2.04. The number of anilines is 1. The van der Waals surface area contributed by atoms with Gasteiger partial charge in [0.15, 0.2) is 0 Å². The van der Waals surface area contributed by atoms with E-state index in [1.165, 1.54) is 0 Å². The number of benzene rings is 2. The zero-order valence-corrected chi connectivity index (χ0v) is 15.4. The molecule has 0 aromatic heterocycles. The Balaban J connectivity index is 1.92. The predicted molar refractivity (Wildman–Crippen MR) is 102 cm³/mol. The minimum Gasteiger partial charge on any atom is -0.375 e. The van der Waals surface area contributed by atoms with Crippen molar-refractivity contribution in [2.45, 2.75) is 36.1 Å². The molecule has 3 N–H and O–H groups in total. The van der Waals surface area contributed by atoms with Gasteiger partial charge in [-0.3, -0.25) is 10.1 Å². The van der Waals surface area contributed by atoms with Crippen LogP contribution in [-0.4, -0.2) is 24.0 Å². The van der Waals surface area contributed by atoms with Crippen LogP contribution in [0.4, 0.5) is 10.5 Å². The van der Waals surface area contributed by atoms with Gasteiger partial charge >= 0.3 is 6.03 Å². The molecular formula is C19H23N3O2S. The highest BCUT2D eigenvalue weighted by Crippen LogP contribution is 2.32. The van der Waals surface area contributed by atoms with Gasteiger partial charge in [0.25, 0.3) is 0 Å². The highest BCUT2D eigenvalue weighted by atomic mass is 32.2. The second-order valence-electron chi connectivity index (χ2n) is 6.52. The first-order valence-corrected chi connectivity index (χ1v) is 8.83. The van der Waals surface area contributed by atoms with Crippen molar-refractivity contribution < 1.29 is 9.59 Å². The number of urea groups is 1. The SMILES string of the molecule is CC(C)(C)NC(=O)NC(=O)CNc1ccccc1Sc1ccccc1. The molecule has 0 aliphatic heterocycles. The maximum Gasteiger partial charge on any atom is 0.321 e. The Morgan fingerprint density at radius 1 is 0.960 bits per heavy atom. The summed E-state index contributed by atoms with van der Waals surface area (Å²) >= 11 is 1.61. The molecule has 0 unspecified atom stereocenters. The molecule has 2 aromatic rings. The minimum absolute atomic E-state index is 0.0178. The summed E-state index contributed by atoms with van der Waals surface area (Å²) < 4.78 is 0. The first-order chi connectivity index (χ1) is 11.8. The zero-order valence-electron chi connectivity index (χ0n) is 14.6. The van der Waals surface area contributed by atoms with E-state index in [-0.39, 0.29) is 12.5 Å². The van der Waals surface area contributed by atoms with Crippen LogP contribution in [0.15, 0.2) is 64.4 Å². The van der Waals surface area contributed by atoms with Gasteiger partial charge in [0, 0.05) is 21.0 Å². The van der Waals surface area contributed by atoms with Crippen molar-refractivity contribution in [3.05, 3.63) is 54.6 Å². The van der Waals surface area contributed by atoms with Crippen molar-refractivity contribution in [1.82, 2.24) is 10.6 Å². The monoisotopic (exact) mass is 357 g/mol. The molecule has 0 radical (unpaired) electrons. The van der Waals surface area contributed by atoms with E-state index in [1.807, 2.05) is 75.4 Å². The first kappa shape index (κ1) is 18.9. The Morgan fingerprint density at radius 2 is 1.60 bits per heavy atom. The molecule has 2 rings (SSSR count). The van der Waals surface area contributed by atoms with Crippen LogP contribution in [0.2, 0.25) is 0 Å². The molecule has 0 atom stereocenters. The van der Waals surface area contributed by atoms with Crippen molar-refractivity contribution >= 4 is 29.4 Å². The van der Waals surface area contributed by atoms with Gasteiger partial charge in [-0.2, -0.15) is 0 Å². The number of imide groups is 1. The largest absolute Gasteiger partial charge is 0.375 e. The number of carbonyl (C=O) groups excluding carboxylic acids is 2. The Hall–Kier alpha value is -2.47. The summed E-state index contributed by atoms with van der Waals surface area (Å²) in [5.74, 6) is -0.388.